The third-order valence-electron chi connectivity index (χ3n) is 3.21. The molecule has 0 bridgehead atoms. The number of hydrogen-bond acceptors (Lipinski definition) is 2. The summed E-state index contributed by atoms with van der Waals surface area (Å²) in [5.41, 5.74) is 0. The van der Waals surface area contributed by atoms with Gasteiger partial charge in [-0.1, -0.05) is 20.3 Å². The van der Waals surface area contributed by atoms with E-state index in [1.54, 1.807) is 6.20 Å². The summed E-state index contributed by atoms with van der Waals surface area (Å²) in [5.74, 6) is 0.325. The number of carbonyl (C=O) groups is 1. The van der Waals surface area contributed by atoms with Crippen molar-refractivity contribution in [3.63, 3.8) is 0 Å². The number of aryl methyl sites for hydroxylation is 1. The Morgan fingerprint density at radius 2 is 1.89 bits per heavy atom. The molecule has 0 aromatic carbocycles. The topological polar surface area (TPSA) is 38.1 Å². The number of aromatic nitrogens is 2. The maximum atomic E-state index is 12.0. The van der Waals surface area contributed by atoms with Crippen LogP contribution in [-0.2, 0) is 11.3 Å². The van der Waals surface area contributed by atoms with Crippen molar-refractivity contribution in [3.05, 3.63) is 18.7 Å². The molecule has 1 aromatic rings. The smallest absolute Gasteiger partial charge is 0.222 e. The zero-order valence-corrected chi connectivity index (χ0v) is 12.3. The van der Waals surface area contributed by atoms with Crippen LogP contribution in [0.15, 0.2) is 18.7 Å². The first kappa shape index (κ1) is 15.7. The maximum absolute atomic E-state index is 12.0. The number of carbonyl (C=O) groups excluding carboxylic acids is 1. The molecule has 0 fully saturated rings. The summed E-state index contributed by atoms with van der Waals surface area (Å²) in [5, 5.41) is 0. The van der Waals surface area contributed by atoms with Crippen LogP contribution < -0.4 is 0 Å². The molecule has 0 radical (unpaired) electrons. The van der Waals surface area contributed by atoms with Gasteiger partial charge in [0.05, 0.1) is 6.33 Å². The molecule has 4 nitrogen and oxygen atoms in total. The molecule has 0 saturated carbocycles. The number of unbranched alkanes of at least 4 members (excludes halogenated alkanes) is 2. The van der Waals surface area contributed by atoms with Crippen molar-refractivity contribution in [2.24, 2.45) is 0 Å². The molecule has 0 N–H and O–H groups in total. The van der Waals surface area contributed by atoms with Gasteiger partial charge in [-0.15, -0.1) is 0 Å². The third-order valence-corrected chi connectivity index (χ3v) is 3.21. The molecule has 0 aliphatic heterocycles. The summed E-state index contributed by atoms with van der Waals surface area (Å²) in [6.07, 6.45) is 11.6. The van der Waals surface area contributed by atoms with E-state index in [1.807, 2.05) is 17.4 Å². The fourth-order valence-corrected chi connectivity index (χ4v) is 2.23. The van der Waals surface area contributed by atoms with Crippen molar-refractivity contribution in [2.75, 3.05) is 13.1 Å². The van der Waals surface area contributed by atoms with E-state index in [1.165, 1.54) is 0 Å². The quantitative estimate of drug-likeness (QED) is 0.610. The molecule has 1 rings (SSSR count). The highest BCUT2D eigenvalue weighted by molar-refractivity contribution is 5.76. The van der Waals surface area contributed by atoms with Gasteiger partial charge in [0, 0.05) is 38.4 Å². The summed E-state index contributed by atoms with van der Waals surface area (Å²) in [4.78, 5) is 18.1. The summed E-state index contributed by atoms with van der Waals surface area (Å²) < 4.78 is 2.09. The lowest BCUT2D eigenvalue weighted by Crippen LogP contribution is -2.32. The minimum absolute atomic E-state index is 0.325. The van der Waals surface area contributed by atoms with Gasteiger partial charge in [0.1, 0.15) is 0 Å². The molecule has 1 heterocycles. The van der Waals surface area contributed by atoms with Crippen LogP contribution in [0.1, 0.15) is 52.4 Å². The Labute approximate surface area is 116 Å². The van der Waals surface area contributed by atoms with E-state index in [9.17, 15) is 4.79 Å². The van der Waals surface area contributed by atoms with E-state index < -0.39 is 0 Å². The first-order valence-electron chi connectivity index (χ1n) is 7.51. The number of hydrogen-bond donors (Lipinski definition) is 0. The van der Waals surface area contributed by atoms with Gasteiger partial charge in [-0.3, -0.25) is 4.79 Å². The highest BCUT2D eigenvalue weighted by Crippen LogP contribution is 2.06. The van der Waals surface area contributed by atoms with Gasteiger partial charge in [-0.05, 0) is 25.7 Å². The minimum Gasteiger partial charge on any atom is -0.343 e. The molecule has 0 spiro atoms. The molecule has 19 heavy (non-hydrogen) atoms. The van der Waals surface area contributed by atoms with Crippen LogP contribution >= 0.6 is 0 Å². The lowest BCUT2D eigenvalue weighted by Gasteiger charge is -2.21. The van der Waals surface area contributed by atoms with Crippen molar-refractivity contribution in [2.45, 2.75) is 58.9 Å². The predicted molar refractivity (Wildman–Crippen MR) is 77.9 cm³/mol. The van der Waals surface area contributed by atoms with E-state index in [2.05, 4.69) is 23.4 Å². The minimum atomic E-state index is 0.325. The largest absolute Gasteiger partial charge is 0.343 e. The fourth-order valence-electron chi connectivity index (χ4n) is 2.23. The fraction of sp³-hybridized carbons (Fsp3) is 0.733. The lowest BCUT2D eigenvalue weighted by atomic mass is 10.1. The van der Waals surface area contributed by atoms with Gasteiger partial charge < -0.3 is 9.47 Å². The van der Waals surface area contributed by atoms with Crippen molar-refractivity contribution in [1.82, 2.24) is 14.5 Å². The molecular formula is C15H27N3O. The summed E-state index contributed by atoms with van der Waals surface area (Å²) in [6.45, 7) is 7.06. The van der Waals surface area contributed by atoms with Crippen molar-refractivity contribution in [3.8, 4) is 0 Å². The zero-order valence-electron chi connectivity index (χ0n) is 12.3. The van der Waals surface area contributed by atoms with E-state index in [0.717, 1.165) is 51.7 Å². The number of imidazole rings is 1. The van der Waals surface area contributed by atoms with Gasteiger partial charge in [0.25, 0.3) is 0 Å². The van der Waals surface area contributed by atoms with Crippen LogP contribution in [0.4, 0.5) is 0 Å². The van der Waals surface area contributed by atoms with E-state index >= 15 is 0 Å². The summed E-state index contributed by atoms with van der Waals surface area (Å²) >= 11 is 0. The molecule has 4 heteroatoms. The average Bonchev–Trinajstić information content (AvgIpc) is 2.91. The van der Waals surface area contributed by atoms with E-state index in [4.69, 9.17) is 0 Å². The van der Waals surface area contributed by atoms with Crippen LogP contribution in [0.25, 0.3) is 0 Å². The van der Waals surface area contributed by atoms with Gasteiger partial charge in [0.15, 0.2) is 0 Å². The van der Waals surface area contributed by atoms with Gasteiger partial charge >= 0.3 is 0 Å². The Kier molecular flexibility index (Phi) is 7.94. The second-order valence-corrected chi connectivity index (χ2v) is 4.99. The standard InChI is InChI=1S/C15H27N3O/c1-3-10-18(11-4-2)15(19)8-6-5-7-12-17-13-9-16-14-17/h9,13-14H,3-8,10-12H2,1-2H3. The van der Waals surface area contributed by atoms with Crippen molar-refractivity contribution < 1.29 is 4.79 Å². The third kappa shape index (κ3) is 6.41. The highest BCUT2D eigenvalue weighted by Gasteiger charge is 2.10. The molecule has 0 aliphatic carbocycles. The molecule has 0 aliphatic rings. The molecule has 108 valence electrons. The monoisotopic (exact) mass is 265 g/mol. The SMILES string of the molecule is CCCN(CCC)C(=O)CCCCCn1ccnc1. The first-order valence-corrected chi connectivity index (χ1v) is 7.51. The van der Waals surface area contributed by atoms with E-state index in [-0.39, 0.29) is 0 Å². The molecule has 1 amide bonds. The Hall–Kier alpha value is -1.32. The van der Waals surface area contributed by atoms with Crippen LogP contribution in [0.2, 0.25) is 0 Å². The number of rotatable bonds is 10. The molecule has 1 aromatic heterocycles. The van der Waals surface area contributed by atoms with Gasteiger partial charge in [0.2, 0.25) is 5.91 Å². The Morgan fingerprint density at radius 1 is 1.16 bits per heavy atom. The van der Waals surface area contributed by atoms with Gasteiger partial charge in [-0.25, -0.2) is 4.98 Å². The molecule has 0 saturated heterocycles. The normalized spacial score (nSPS) is 10.6. The first-order chi connectivity index (χ1) is 9.27. The van der Waals surface area contributed by atoms with Crippen LogP contribution in [0, 0.1) is 0 Å². The Bertz CT molecular complexity index is 329. The summed E-state index contributed by atoms with van der Waals surface area (Å²) in [7, 11) is 0. The second kappa shape index (κ2) is 9.59. The predicted octanol–water partition coefficient (Wildman–Crippen LogP) is 3.09. The summed E-state index contributed by atoms with van der Waals surface area (Å²) in [6, 6.07) is 0. The van der Waals surface area contributed by atoms with E-state index in [0.29, 0.717) is 12.3 Å². The molecule has 0 unspecified atom stereocenters. The van der Waals surface area contributed by atoms with Gasteiger partial charge in [-0.2, -0.15) is 0 Å². The number of nitrogens with zero attached hydrogens (tertiary/aromatic N) is 3. The Balaban J connectivity index is 2.11. The van der Waals surface area contributed by atoms with Crippen molar-refractivity contribution >= 4 is 5.91 Å². The Morgan fingerprint density at radius 3 is 2.47 bits per heavy atom. The molecular weight excluding hydrogens is 238 g/mol. The average molecular weight is 265 g/mol. The number of amides is 1. The van der Waals surface area contributed by atoms with Crippen LogP contribution in [0.5, 0.6) is 0 Å². The zero-order chi connectivity index (χ0) is 13.9. The highest BCUT2D eigenvalue weighted by atomic mass is 16.2. The second-order valence-electron chi connectivity index (χ2n) is 4.99. The van der Waals surface area contributed by atoms with Crippen molar-refractivity contribution in [1.29, 1.82) is 0 Å². The van der Waals surface area contributed by atoms with Crippen LogP contribution in [-0.4, -0.2) is 33.4 Å². The maximum Gasteiger partial charge on any atom is 0.222 e. The molecule has 0 atom stereocenters. The van der Waals surface area contributed by atoms with Crippen LogP contribution in [0.3, 0.4) is 0 Å². The lowest BCUT2D eigenvalue weighted by molar-refractivity contribution is -0.131.